The molecule has 1 aliphatic heterocycles. The van der Waals surface area contributed by atoms with Crippen molar-refractivity contribution in [3.8, 4) is 6.07 Å². The van der Waals surface area contributed by atoms with Crippen LogP contribution in [0.15, 0.2) is 18.2 Å². The van der Waals surface area contributed by atoms with Crippen LogP contribution in [0.2, 0.25) is 0 Å². The minimum absolute atomic E-state index is 0.106. The Bertz CT molecular complexity index is 589. The van der Waals surface area contributed by atoms with Crippen LogP contribution in [0, 0.1) is 22.6 Å². The SMILES string of the molecule is CCOC1CC(O)C12CCN(c1cccc(F)c1C#N)CC2. The van der Waals surface area contributed by atoms with E-state index in [9.17, 15) is 9.50 Å². The highest BCUT2D eigenvalue weighted by Crippen LogP contribution is 2.51. The molecule has 3 rings (SSSR count). The van der Waals surface area contributed by atoms with Gasteiger partial charge in [-0.25, -0.2) is 4.39 Å². The molecule has 2 aliphatic rings. The maximum Gasteiger partial charge on any atom is 0.143 e. The molecule has 1 saturated heterocycles. The van der Waals surface area contributed by atoms with Crippen LogP contribution in [0.5, 0.6) is 0 Å². The molecule has 1 aliphatic carbocycles. The molecule has 2 atom stereocenters. The zero-order valence-corrected chi connectivity index (χ0v) is 12.8. The predicted octanol–water partition coefficient (Wildman–Crippen LogP) is 2.45. The van der Waals surface area contributed by atoms with Crippen molar-refractivity contribution in [2.24, 2.45) is 5.41 Å². The average molecular weight is 304 g/mol. The number of ether oxygens (including phenoxy) is 1. The molecule has 1 heterocycles. The van der Waals surface area contributed by atoms with Gasteiger partial charge in [0.05, 0.1) is 17.9 Å². The summed E-state index contributed by atoms with van der Waals surface area (Å²) in [5, 5.41) is 19.4. The summed E-state index contributed by atoms with van der Waals surface area (Å²) < 4.78 is 19.5. The van der Waals surface area contributed by atoms with Crippen molar-refractivity contribution in [3.05, 3.63) is 29.6 Å². The molecule has 2 unspecified atom stereocenters. The van der Waals surface area contributed by atoms with Crippen molar-refractivity contribution in [2.45, 2.75) is 38.4 Å². The minimum atomic E-state index is -0.476. The van der Waals surface area contributed by atoms with E-state index < -0.39 is 5.82 Å². The second kappa shape index (κ2) is 5.86. The van der Waals surface area contributed by atoms with E-state index in [1.165, 1.54) is 6.07 Å². The Morgan fingerprint density at radius 3 is 2.77 bits per heavy atom. The Hall–Kier alpha value is -1.64. The van der Waals surface area contributed by atoms with Gasteiger partial charge in [0, 0.05) is 31.5 Å². The molecule has 5 heteroatoms. The number of anilines is 1. The topological polar surface area (TPSA) is 56.5 Å². The molecule has 1 aromatic rings. The lowest BCUT2D eigenvalue weighted by molar-refractivity contribution is -0.199. The van der Waals surface area contributed by atoms with Crippen molar-refractivity contribution in [1.29, 1.82) is 5.26 Å². The number of aliphatic hydroxyl groups is 1. The molecule has 4 nitrogen and oxygen atoms in total. The highest BCUT2D eigenvalue weighted by molar-refractivity contribution is 5.60. The van der Waals surface area contributed by atoms with Crippen molar-refractivity contribution in [2.75, 3.05) is 24.6 Å². The maximum atomic E-state index is 13.8. The van der Waals surface area contributed by atoms with Crippen LogP contribution in [-0.4, -0.2) is 37.0 Å². The third-order valence-electron chi connectivity index (χ3n) is 5.25. The molecule has 0 bridgehead atoms. The third-order valence-corrected chi connectivity index (χ3v) is 5.25. The number of benzene rings is 1. The highest BCUT2D eigenvalue weighted by atomic mass is 19.1. The quantitative estimate of drug-likeness (QED) is 0.932. The highest BCUT2D eigenvalue weighted by Gasteiger charge is 2.56. The number of aliphatic hydroxyl groups excluding tert-OH is 1. The third kappa shape index (κ3) is 2.27. The molecule has 0 radical (unpaired) electrons. The first-order valence-electron chi connectivity index (χ1n) is 7.85. The van der Waals surface area contributed by atoms with Crippen molar-refractivity contribution in [3.63, 3.8) is 0 Å². The van der Waals surface area contributed by atoms with E-state index >= 15 is 0 Å². The van der Waals surface area contributed by atoms with Crippen molar-refractivity contribution >= 4 is 5.69 Å². The summed E-state index contributed by atoms with van der Waals surface area (Å²) in [5.74, 6) is -0.476. The first-order valence-corrected chi connectivity index (χ1v) is 7.85. The number of halogens is 1. The number of nitrogens with zero attached hydrogens (tertiary/aromatic N) is 2. The van der Waals surface area contributed by atoms with Gasteiger partial charge in [-0.15, -0.1) is 0 Å². The summed E-state index contributed by atoms with van der Waals surface area (Å²) in [6.07, 6.45) is 2.13. The Kier molecular flexibility index (Phi) is 4.07. The smallest absolute Gasteiger partial charge is 0.143 e. The van der Waals surface area contributed by atoms with Gasteiger partial charge < -0.3 is 14.7 Å². The van der Waals surface area contributed by atoms with Crippen molar-refractivity contribution in [1.82, 2.24) is 0 Å². The molecule has 1 N–H and O–H groups in total. The van der Waals surface area contributed by atoms with E-state index in [1.807, 2.05) is 17.9 Å². The summed E-state index contributed by atoms with van der Waals surface area (Å²) >= 11 is 0. The molecule has 118 valence electrons. The fraction of sp³-hybridized carbons (Fsp3) is 0.588. The van der Waals surface area contributed by atoms with Crippen molar-refractivity contribution < 1.29 is 14.2 Å². The van der Waals surface area contributed by atoms with E-state index in [2.05, 4.69) is 0 Å². The fourth-order valence-corrected chi connectivity index (χ4v) is 3.87. The molecule has 1 aromatic carbocycles. The maximum absolute atomic E-state index is 13.8. The first kappa shape index (κ1) is 15.3. The predicted molar refractivity (Wildman–Crippen MR) is 81.0 cm³/mol. The lowest BCUT2D eigenvalue weighted by Crippen LogP contribution is -2.62. The zero-order valence-electron chi connectivity index (χ0n) is 12.8. The van der Waals surface area contributed by atoms with E-state index in [4.69, 9.17) is 10.00 Å². The molecule has 0 amide bonds. The number of hydrogen-bond donors (Lipinski definition) is 1. The normalized spacial score (nSPS) is 26.5. The summed E-state index contributed by atoms with van der Waals surface area (Å²) in [6, 6.07) is 6.70. The summed E-state index contributed by atoms with van der Waals surface area (Å²) in [4.78, 5) is 2.04. The van der Waals surface area contributed by atoms with E-state index in [1.54, 1.807) is 12.1 Å². The molecular weight excluding hydrogens is 283 g/mol. The summed E-state index contributed by atoms with van der Waals surface area (Å²) in [5.41, 5.74) is 0.597. The molecule has 0 aromatic heterocycles. The Morgan fingerprint density at radius 1 is 1.45 bits per heavy atom. The first-order chi connectivity index (χ1) is 10.6. The van der Waals surface area contributed by atoms with Crippen LogP contribution in [0.4, 0.5) is 10.1 Å². The van der Waals surface area contributed by atoms with Gasteiger partial charge in [-0.1, -0.05) is 6.07 Å². The van der Waals surface area contributed by atoms with Gasteiger partial charge in [0.2, 0.25) is 0 Å². The van der Waals surface area contributed by atoms with Gasteiger partial charge in [0.1, 0.15) is 17.4 Å². The van der Waals surface area contributed by atoms with Crippen LogP contribution in [-0.2, 0) is 4.74 Å². The molecule has 2 fully saturated rings. The lowest BCUT2D eigenvalue weighted by Gasteiger charge is -2.57. The molecule has 1 saturated carbocycles. The van der Waals surface area contributed by atoms with Gasteiger partial charge in [-0.2, -0.15) is 5.26 Å². The second-order valence-electron chi connectivity index (χ2n) is 6.16. The second-order valence-corrected chi connectivity index (χ2v) is 6.16. The van der Waals surface area contributed by atoms with E-state index in [0.29, 0.717) is 31.8 Å². The fourth-order valence-electron chi connectivity index (χ4n) is 3.87. The average Bonchev–Trinajstić information content (AvgIpc) is 2.54. The number of nitriles is 1. The van der Waals surface area contributed by atoms with E-state index in [-0.39, 0.29) is 23.2 Å². The van der Waals surface area contributed by atoms with Gasteiger partial charge in [-0.3, -0.25) is 0 Å². The largest absolute Gasteiger partial charge is 0.392 e. The van der Waals surface area contributed by atoms with Crippen LogP contribution in [0.25, 0.3) is 0 Å². The van der Waals surface area contributed by atoms with Gasteiger partial charge >= 0.3 is 0 Å². The van der Waals surface area contributed by atoms with Crippen LogP contribution >= 0.6 is 0 Å². The lowest BCUT2D eigenvalue weighted by atomic mass is 9.58. The Balaban J connectivity index is 1.75. The van der Waals surface area contributed by atoms with Crippen LogP contribution < -0.4 is 4.90 Å². The van der Waals surface area contributed by atoms with E-state index in [0.717, 1.165) is 12.8 Å². The molecular formula is C17H21FN2O2. The Morgan fingerprint density at radius 2 is 2.18 bits per heavy atom. The summed E-state index contributed by atoms with van der Waals surface area (Å²) in [7, 11) is 0. The monoisotopic (exact) mass is 304 g/mol. The van der Waals surface area contributed by atoms with Gasteiger partial charge in [0.25, 0.3) is 0 Å². The van der Waals surface area contributed by atoms with Gasteiger partial charge in [0.15, 0.2) is 0 Å². The Labute approximate surface area is 130 Å². The van der Waals surface area contributed by atoms with Gasteiger partial charge in [-0.05, 0) is 31.9 Å². The molecule has 1 spiro atoms. The number of hydrogen-bond acceptors (Lipinski definition) is 4. The number of rotatable bonds is 3. The summed E-state index contributed by atoms with van der Waals surface area (Å²) in [6.45, 7) is 4.04. The standard InChI is InChI=1S/C17H21FN2O2/c1-2-22-16-10-15(21)17(16)6-8-20(9-7-17)14-5-3-4-13(18)12(14)11-19/h3-5,15-16,21H,2,6-10H2,1H3. The van der Waals surface area contributed by atoms with Crippen LogP contribution in [0.3, 0.4) is 0 Å². The number of piperidine rings is 1. The molecule has 22 heavy (non-hydrogen) atoms. The van der Waals surface area contributed by atoms with Crippen LogP contribution in [0.1, 0.15) is 31.7 Å². The zero-order chi connectivity index (χ0) is 15.7. The minimum Gasteiger partial charge on any atom is -0.392 e.